The van der Waals surface area contributed by atoms with Crippen molar-refractivity contribution in [3.05, 3.63) is 132 Å². The second-order valence-corrected chi connectivity index (χ2v) is 9.93. The minimum absolute atomic E-state index is 1.14. The van der Waals surface area contributed by atoms with Crippen LogP contribution in [-0.2, 0) is 0 Å². The van der Waals surface area contributed by atoms with Gasteiger partial charge in [-0.2, -0.15) is 0 Å². The van der Waals surface area contributed by atoms with E-state index in [1.165, 1.54) is 65.3 Å². The van der Waals surface area contributed by atoms with Crippen LogP contribution in [-0.4, -0.2) is 0 Å². The summed E-state index contributed by atoms with van der Waals surface area (Å²) in [7, 11) is 0. The van der Waals surface area contributed by atoms with E-state index >= 15 is 0 Å². The molecule has 7 aromatic carbocycles. The molecule has 0 radical (unpaired) electrons. The maximum Gasteiger partial charge on any atom is 0.0260 e. The summed E-state index contributed by atoms with van der Waals surface area (Å²) in [6.45, 7) is 0. The van der Waals surface area contributed by atoms with Gasteiger partial charge in [-0.25, -0.2) is 0 Å². The number of rotatable bonds is 2. The van der Waals surface area contributed by atoms with Gasteiger partial charge in [0.1, 0.15) is 0 Å². The van der Waals surface area contributed by atoms with E-state index < -0.39 is 0 Å². The van der Waals surface area contributed by atoms with E-state index in [0.717, 1.165) is 4.47 Å². The van der Waals surface area contributed by atoms with Crippen molar-refractivity contribution in [3.63, 3.8) is 0 Å². The van der Waals surface area contributed by atoms with Crippen LogP contribution in [0.5, 0.6) is 0 Å². The van der Waals surface area contributed by atoms with Crippen molar-refractivity contribution in [3.8, 4) is 22.3 Å². The summed E-state index contributed by atoms with van der Waals surface area (Å²) in [5.41, 5.74) is 5.01. The van der Waals surface area contributed by atoms with E-state index in [4.69, 9.17) is 0 Å². The Morgan fingerprint density at radius 1 is 0.343 bits per heavy atom. The second-order valence-electron chi connectivity index (χ2n) is 9.08. The molecule has 0 atom stereocenters. The van der Waals surface area contributed by atoms with E-state index in [1.807, 2.05) is 0 Å². The highest BCUT2D eigenvalue weighted by molar-refractivity contribution is 9.10. The van der Waals surface area contributed by atoms with Gasteiger partial charge in [-0.1, -0.05) is 125 Å². The highest BCUT2D eigenvalue weighted by Gasteiger charge is 2.13. The fourth-order valence-corrected chi connectivity index (χ4v) is 6.05. The summed E-state index contributed by atoms with van der Waals surface area (Å²) in [6, 6.07) is 46.3. The first-order chi connectivity index (χ1) is 17.3. The highest BCUT2D eigenvalue weighted by Crippen LogP contribution is 2.41. The lowest BCUT2D eigenvalue weighted by molar-refractivity contribution is 1.63. The largest absolute Gasteiger partial charge is 0.0616 e. The minimum Gasteiger partial charge on any atom is -0.0616 e. The lowest BCUT2D eigenvalue weighted by Gasteiger charge is -2.15. The molecule has 0 bridgehead atoms. The highest BCUT2D eigenvalue weighted by atomic mass is 79.9. The SMILES string of the molecule is Brc1cc2c3ccccc3c(-c3cccc(-c4cccc5ccccc45)c3)cc2c2ccccc12. The lowest BCUT2D eigenvalue weighted by atomic mass is 9.89. The molecule has 0 saturated heterocycles. The molecule has 0 amide bonds. The van der Waals surface area contributed by atoms with Crippen LogP contribution in [0.2, 0.25) is 0 Å². The van der Waals surface area contributed by atoms with Gasteiger partial charge in [0.05, 0.1) is 0 Å². The third kappa shape index (κ3) is 3.27. The molecule has 0 aliphatic heterocycles. The molecule has 0 nitrogen and oxygen atoms in total. The molecule has 164 valence electrons. The van der Waals surface area contributed by atoms with Gasteiger partial charge in [0, 0.05) is 4.47 Å². The van der Waals surface area contributed by atoms with Gasteiger partial charge in [0.15, 0.2) is 0 Å². The summed E-state index contributed by atoms with van der Waals surface area (Å²) in [5, 5.41) is 10.2. The first-order valence-electron chi connectivity index (χ1n) is 11.9. The molecule has 0 unspecified atom stereocenters. The Morgan fingerprint density at radius 3 is 1.69 bits per heavy atom. The van der Waals surface area contributed by atoms with Crippen molar-refractivity contribution < 1.29 is 0 Å². The van der Waals surface area contributed by atoms with Crippen LogP contribution in [0.1, 0.15) is 0 Å². The van der Waals surface area contributed by atoms with Crippen LogP contribution in [0.15, 0.2) is 132 Å². The topological polar surface area (TPSA) is 0 Å². The van der Waals surface area contributed by atoms with E-state index in [2.05, 4.69) is 143 Å². The Kier molecular flexibility index (Phi) is 4.72. The molecule has 7 rings (SSSR count). The van der Waals surface area contributed by atoms with Crippen LogP contribution < -0.4 is 0 Å². The van der Waals surface area contributed by atoms with E-state index in [0.29, 0.717) is 0 Å². The zero-order valence-corrected chi connectivity index (χ0v) is 20.6. The Bertz CT molecular complexity index is 1910. The van der Waals surface area contributed by atoms with Crippen molar-refractivity contribution in [2.24, 2.45) is 0 Å². The molecule has 0 spiro atoms. The molecule has 0 heterocycles. The van der Waals surface area contributed by atoms with Gasteiger partial charge < -0.3 is 0 Å². The number of fused-ring (bicyclic) bond motifs is 6. The van der Waals surface area contributed by atoms with Crippen molar-refractivity contribution in [2.75, 3.05) is 0 Å². The molecule has 7 aromatic rings. The normalized spacial score (nSPS) is 11.6. The molecular weight excluding hydrogens is 488 g/mol. The molecule has 0 aromatic heterocycles. The summed E-state index contributed by atoms with van der Waals surface area (Å²) < 4.78 is 1.14. The molecule has 0 N–H and O–H groups in total. The number of halogens is 1. The molecule has 0 aliphatic carbocycles. The van der Waals surface area contributed by atoms with Gasteiger partial charge in [-0.3, -0.25) is 0 Å². The molecular formula is C34H21Br. The van der Waals surface area contributed by atoms with Crippen molar-refractivity contribution in [1.29, 1.82) is 0 Å². The molecule has 35 heavy (non-hydrogen) atoms. The first-order valence-corrected chi connectivity index (χ1v) is 12.7. The van der Waals surface area contributed by atoms with Crippen LogP contribution in [0.3, 0.4) is 0 Å². The Morgan fingerprint density at radius 2 is 0.886 bits per heavy atom. The number of hydrogen-bond acceptors (Lipinski definition) is 0. The Labute approximate surface area is 212 Å². The summed E-state index contributed by atoms with van der Waals surface area (Å²) in [6.07, 6.45) is 0. The minimum atomic E-state index is 1.14. The van der Waals surface area contributed by atoms with Crippen LogP contribution >= 0.6 is 15.9 Å². The predicted molar refractivity (Wildman–Crippen MR) is 155 cm³/mol. The van der Waals surface area contributed by atoms with E-state index in [-0.39, 0.29) is 0 Å². The number of benzene rings is 7. The fourth-order valence-electron chi connectivity index (χ4n) is 5.48. The standard InChI is InChI=1S/C34H21Br/c35-34-21-33-28-15-4-3-14-27(28)31(20-32(33)29-16-5-6-17-30(29)34)24-12-7-11-23(19-24)26-18-8-10-22-9-1-2-13-25(22)26/h1-21H. The number of hydrogen-bond donors (Lipinski definition) is 0. The second kappa shape index (κ2) is 8.08. The lowest BCUT2D eigenvalue weighted by Crippen LogP contribution is -1.88. The van der Waals surface area contributed by atoms with Crippen LogP contribution in [0.4, 0.5) is 0 Å². The summed E-state index contributed by atoms with van der Waals surface area (Å²) in [5.74, 6) is 0. The van der Waals surface area contributed by atoms with Crippen molar-refractivity contribution in [2.45, 2.75) is 0 Å². The van der Waals surface area contributed by atoms with Crippen molar-refractivity contribution in [1.82, 2.24) is 0 Å². The zero-order chi connectivity index (χ0) is 23.4. The van der Waals surface area contributed by atoms with Gasteiger partial charge in [-0.15, -0.1) is 0 Å². The van der Waals surface area contributed by atoms with Gasteiger partial charge in [0.2, 0.25) is 0 Å². The van der Waals surface area contributed by atoms with E-state index in [9.17, 15) is 0 Å². The van der Waals surface area contributed by atoms with Crippen LogP contribution in [0.25, 0.3) is 65.3 Å². The first kappa shape index (κ1) is 20.4. The monoisotopic (exact) mass is 508 g/mol. The fraction of sp³-hybridized carbons (Fsp3) is 0. The quantitative estimate of drug-likeness (QED) is 0.203. The maximum atomic E-state index is 3.82. The summed E-state index contributed by atoms with van der Waals surface area (Å²) in [4.78, 5) is 0. The Hall–Kier alpha value is -3.94. The zero-order valence-electron chi connectivity index (χ0n) is 19.0. The van der Waals surface area contributed by atoms with Crippen molar-refractivity contribution >= 4 is 59.0 Å². The third-order valence-electron chi connectivity index (χ3n) is 7.11. The average Bonchev–Trinajstić information content (AvgIpc) is 2.93. The Balaban J connectivity index is 1.54. The third-order valence-corrected chi connectivity index (χ3v) is 7.76. The predicted octanol–water partition coefficient (Wildman–Crippen LogP) is 10.4. The van der Waals surface area contributed by atoms with Gasteiger partial charge in [0.25, 0.3) is 0 Å². The smallest absolute Gasteiger partial charge is 0.0260 e. The van der Waals surface area contributed by atoms with Crippen LogP contribution in [0, 0.1) is 0 Å². The molecule has 0 fully saturated rings. The molecule has 1 heteroatoms. The van der Waals surface area contributed by atoms with Gasteiger partial charge in [-0.05, 0) is 83.5 Å². The summed E-state index contributed by atoms with van der Waals surface area (Å²) >= 11 is 3.82. The average molecular weight is 509 g/mol. The maximum absolute atomic E-state index is 3.82. The van der Waals surface area contributed by atoms with Gasteiger partial charge >= 0.3 is 0 Å². The van der Waals surface area contributed by atoms with E-state index in [1.54, 1.807) is 0 Å². The molecule has 0 saturated carbocycles. The molecule has 0 aliphatic rings.